The third-order valence-corrected chi connectivity index (χ3v) is 3.20. The molecule has 0 fully saturated rings. The minimum Gasteiger partial charge on any atom is -0.497 e. The highest BCUT2D eigenvalue weighted by Gasteiger charge is 2.14. The third-order valence-electron chi connectivity index (χ3n) is 3.20. The summed E-state index contributed by atoms with van der Waals surface area (Å²) in [5, 5.41) is 20.5. The number of methoxy groups -OCH3 is 1. The number of hydrogen-bond acceptors (Lipinski definition) is 5. The largest absolute Gasteiger partial charge is 0.497 e. The molecule has 3 aromatic rings. The van der Waals surface area contributed by atoms with Crippen LogP contribution in [0.5, 0.6) is 11.6 Å². The minimum atomic E-state index is -0.524. The van der Waals surface area contributed by atoms with Gasteiger partial charge in [-0.15, -0.1) is 5.11 Å². The van der Waals surface area contributed by atoms with Gasteiger partial charge in [0, 0.05) is 0 Å². The Labute approximate surface area is 131 Å². The second-order valence-corrected chi connectivity index (χ2v) is 4.68. The maximum Gasteiger partial charge on any atom is 0.296 e. The molecule has 0 unspecified atom stereocenters. The molecule has 23 heavy (non-hydrogen) atoms. The maximum absolute atomic E-state index is 11.9. The molecule has 7 nitrogen and oxygen atoms in total. The maximum atomic E-state index is 11.9. The second kappa shape index (κ2) is 6.18. The van der Waals surface area contributed by atoms with Gasteiger partial charge in [-0.25, -0.2) is 4.68 Å². The topological polar surface area (TPSA) is 92.0 Å². The van der Waals surface area contributed by atoms with Crippen LogP contribution in [0, 0.1) is 0 Å². The lowest BCUT2D eigenvalue weighted by molar-refractivity contribution is 0.415. The summed E-state index contributed by atoms with van der Waals surface area (Å²) in [7, 11) is 1.57. The van der Waals surface area contributed by atoms with Crippen LogP contribution in [-0.4, -0.2) is 22.0 Å². The molecule has 0 saturated carbocycles. The molecule has 7 heteroatoms. The van der Waals surface area contributed by atoms with Crippen molar-refractivity contribution in [2.24, 2.45) is 10.2 Å². The fourth-order valence-corrected chi connectivity index (χ4v) is 2.03. The molecular weight excluding hydrogens is 296 g/mol. The predicted molar refractivity (Wildman–Crippen MR) is 85.2 cm³/mol. The minimum absolute atomic E-state index is 0.148. The Morgan fingerprint density at radius 2 is 1.74 bits per heavy atom. The monoisotopic (exact) mass is 310 g/mol. The number of hydrogen-bond donors (Lipinski definition) is 2. The van der Waals surface area contributed by atoms with Crippen LogP contribution in [-0.2, 0) is 0 Å². The van der Waals surface area contributed by atoms with Crippen LogP contribution in [0.3, 0.4) is 0 Å². The Morgan fingerprint density at radius 1 is 1.04 bits per heavy atom. The van der Waals surface area contributed by atoms with Crippen LogP contribution in [0.25, 0.3) is 5.69 Å². The van der Waals surface area contributed by atoms with Crippen molar-refractivity contribution in [2.75, 3.05) is 7.11 Å². The molecule has 0 spiro atoms. The molecule has 0 aliphatic carbocycles. The van der Waals surface area contributed by atoms with Gasteiger partial charge in [-0.3, -0.25) is 9.89 Å². The van der Waals surface area contributed by atoms with E-state index in [9.17, 15) is 9.90 Å². The number of aromatic nitrogens is 2. The van der Waals surface area contributed by atoms with Gasteiger partial charge in [0.1, 0.15) is 5.75 Å². The smallest absolute Gasteiger partial charge is 0.296 e. The van der Waals surface area contributed by atoms with E-state index in [4.69, 9.17) is 4.74 Å². The van der Waals surface area contributed by atoms with Gasteiger partial charge in [-0.1, -0.05) is 18.2 Å². The van der Waals surface area contributed by atoms with Crippen molar-refractivity contribution in [3.8, 4) is 17.3 Å². The van der Waals surface area contributed by atoms with Gasteiger partial charge in [0.2, 0.25) is 11.6 Å². The summed E-state index contributed by atoms with van der Waals surface area (Å²) >= 11 is 0. The normalized spacial score (nSPS) is 11.0. The molecule has 3 rings (SSSR count). The fourth-order valence-electron chi connectivity index (χ4n) is 2.03. The van der Waals surface area contributed by atoms with E-state index in [1.165, 1.54) is 4.68 Å². The van der Waals surface area contributed by atoms with Gasteiger partial charge in [0.15, 0.2) is 0 Å². The molecule has 0 amide bonds. The third kappa shape index (κ3) is 2.98. The summed E-state index contributed by atoms with van der Waals surface area (Å²) < 4.78 is 6.31. The summed E-state index contributed by atoms with van der Waals surface area (Å²) in [6.45, 7) is 0. The van der Waals surface area contributed by atoms with Crippen molar-refractivity contribution in [3.05, 3.63) is 65.0 Å². The summed E-state index contributed by atoms with van der Waals surface area (Å²) in [6.07, 6.45) is 0. The first-order chi connectivity index (χ1) is 11.2. The van der Waals surface area contributed by atoms with Crippen molar-refractivity contribution in [2.45, 2.75) is 0 Å². The summed E-state index contributed by atoms with van der Waals surface area (Å²) in [5.41, 5.74) is 0.485. The average molecular weight is 310 g/mol. The van der Waals surface area contributed by atoms with Crippen LogP contribution >= 0.6 is 0 Å². The van der Waals surface area contributed by atoms with Gasteiger partial charge in [-0.2, -0.15) is 5.11 Å². The number of H-pyrrole nitrogens is 1. The highest BCUT2D eigenvalue weighted by molar-refractivity contribution is 5.50. The molecule has 0 radical (unpaired) electrons. The lowest BCUT2D eigenvalue weighted by Crippen LogP contribution is -2.03. The van der Waals surface area contributed by atoms with Crippen LogP contribution in [0.2, 0.25) is 0 Å². The fraction of sp³-hybridized carbons (Fsp3) is 0.0625. The van der Waals surface area contributed by atoms with Crippen molar-refractivity contribution in [1.29, 1.82) is 0 Å². The Kier molecular flexibility index (Phi) is 3.92. The average Bonchev–Trinajstić information content (AvgIpc) is 2.88. The van der Waals surface area contributed by atoms with E-state index in [-0.39, 0.29) is 11.6 Å². The first-order valence-corrected chi connectivity index (χ1v) is 6.84. The molecule has 0 bridgehead atoms. The number of aromatic amines is 1. The second-order valence-electron chi connectivity index (χ2n) is 4.68. The lowest BCUT2D eigenvalue weighted by atomic mass is 10.3. The first-order valence-electron chi connectivity index (χ1n) is 6.84. The summed E-state index contributed by atoms with van der Waals surface area (Å²) in [5.74, 6) is 0.401. The SMILES string of the molecule is COc1ccc(N=Nc2c(O)n(-c3ccccc3)[nH]c2=O)cc1. The Balaban J connectivity index is 1.93. The van der Waals surface area contributed by atoms with E-state index in [0.717, 1.165) is 0 Å². The molecule has 0 saturated heterocycles. The van der Waals surface area contributed by atoms with Crippen molar-refractivity contribution in [3.63, 3.8) is 0 Å². The van der Waals surface area contributed by atoms with E-state index in [1.807, 2.05) is 6.07 Å². The van der Waals surface area contributed by atoms with Crippen LogP contribution in [0.4, 0.5) is 11.4 Å². The molecular formula is C16H14N4O3. The Morgan fingerprint density at radius 3 is 2.39 bits per heavy atom. The molecule has 0 aliphatic rings. The number of aromatic hydroxyl groups is 1. The van der Waals surface area contributed by atoms with Crippen molar-refractivity contribution in [1.82, 2.24) is 9.78 Å². The Hall–Kier alpha value is -3.35. The molecule has 2 N–H and O–H groups in total. The summed E-state index contributed by atoms with van der Waals surface area (Å²) in [4.78, 5) is 11.9. The van der Waals surface area contributed by atoms with E-state index >= 15 is 0 Å². The quantitative estimate of drug-likeness (QED) is 0.724. The number of para-hydroxylation sites is 1. The van der Waals surface area contributed by atoms with Crippen molar-refractivity contribution < 1.29 is 9.84 Å². The summed E-state index contributed by atoms with van der Waals surface area (Å²) in [6, 6.07) is 15.8. The van der Waals surface area contributed by atoms with Crippen LogP contribution < -0.4 is 10.3 Å². The van der Waals surface area contributed by atoms with Gasteiger partial charge in [-0.05, 0) is 36.4 Å². The van der Waals surface area contributed by atoms with Crippen molar-refractivity contribution >= 4 is 11.4 Å². The van der Waals surface area contributed by atoms with E-state index in [0.29, 0.717) is 17.1 Å². The van der Waals surface area contributed by atoms with Gasteiger partial charge in [0.25, 0.3) is 5.56 Å². The number of nitrogens with one attached hydrogen (secondary N) is 1. The van der Waals surface area contributed by atoms with Gasteiger partial charge < -0.3 is 9.84 Å². The molecule has 1 aromatic heterocycles. The molecule has 2 aromatic carbocycles. The molecule has 0 aliphatic heterocycles. The van der Waals surface area contributed by atoms with Gasteiger partial charge in [0.05, 0.1) is 18.5 Å². The van der Waals surface area contributed by atoms with E-state index in [2.05, 4.69) is 15.3 Å². The zero-order valence-corrected chi connectivity index (χ0v) is 12.3. The standard InChI is InChI=1S/C16H14N4O3/c1-23-13-9-7-11(8-10-13)17-18-14-15(21)19-20(16(14)22)12-5-3-2-4-6-12/h2-10,22H,1H3,(H,19,21). The van der Waals surface area contributed by atoms with Gasteiger partial charge >= 0.3 is 0 Å². The first kappa shape index (κ1) is 14.6. The zero-order chi connectivity index (χ0) is 16.2. The number of nitrogens with zero attached hydrogens (tertiary/aromatic N) is 3. The number of benzene rings is 2. The lowest BCUT2D eigenvalue weighted by Gasteiger charge is -2.02. The van der Waals surface area contributed by atoms with E-state index < -0.39 is 5.56 Å². The number of rotatable bonds is 4. The zero-order valence-electron chi connectivity index (χ0n) is 12.3. The molecule has 116 valence electrons. The van der Waals surface area contributed by atoms with Crippen LogP contribution in [0.15, 0.2) is 69.6 Å². The highest BCUT2D eigenvalue weighted by atomic mass is 16.5. The number of ether oxygens (including phenoxy) is 1. The van der Waals surface area contributed by atoms with E-state index in [1.54, 1.807) is 55.6 Å². The molecule has 0 atom stereocenters. The molecule has 1 heterocycles. The van der Waals surface area contributed by atoms with Crippen LogP contribution in [0.1, 0.15) is 0 Å². The Bertz CT molecular complexity index is 880. The highest BCUT2D eigenvalue weighted by Crippen LogP contribution is 2.27. The number of azo groups is 1. The predicted octanol–water partition coefficient (Wildman–Crippen LogP) is 3.30.